The topological polar surface area (TPSA) is 22.2 Å². The second kappa shape index (κ2) is 3.36. The monoisotopic (exact) mass is 227 g/mol. The van der Waals surface area contributed by atoms with Crippen LogP contribution in [0.5, 0.6) is 0 Å². The van der Waals surface area contributed by atoms with Gasteiger partial charge in [0.1, 0.15) is 0 Å². The van der Waals surface area contributed by atoms with Gasteiger partial charge in [0.15, 0.2) is 0 Å². The van der Waals surface area contributed by atoms with Crippen molar-refractivity contribution in [2.75, 3.05) is 0 Å². The van der Waals surface area contributed by atoms with Crippen molar-refractivity contribution in [3.63, 3.8) is 0 Å². The maximum Gasteiger partial charge on any atom is 0.215 e. The molecule has 17 heavy (non-hydrogen) atoms. The van der Waals surface area contributed by atoms with Gasteiger partial charge in [-0.05, 0) is 51.0 Å². The quantitative estimate of drug-likeness (QED) is 0.625. The Bertz CT molecular complexity index is 716. The van der Waals surface area contributed by atoms with Crippen LogP contribution in [0.25, 0.3) is 16.8 Å². The molecular weight excluding hydrogens is 210 g/mol. The Balaban J connectivity index is 2.55. The summed E-state index contributed by atoms with van der Waals surface area (Å²) in [4.78, 5) is 4.61. The van der Waals surface area contributed by atoms with Crippen LogP contribution in [0.15, 0.2) is 18.3 Å². The molecule has 0 fully saturated rings. The fraction of sp³-hybridized carbons (Fsp3) is 0.357. The van der Waals surface area contributed by atoms with Crippen LogP contribution in [0.2, 0.25) is 0 Å². The molecule has 0 saturated carbocycles. The molecule has 0 spiro atoms. The van der Waals surface area contributed by atoms with E-state index >= 15 is 0 Å². The highest BCUT2D eigenvalue weighted by molar-refractivity contribution is 5.82. The van der Waals surface area contributed by atoms with Gasteiger partial charge in [-0.3, -0.25) is 4.40 Å². The Morgan fingerprint density at radius 1 is 1.06 bits per heavy atom. The molecule has 0 saturated heterocycles. The minimum atomic E-state index is 0.950. The van der Waals surface area contributed by atoms with Gasteiger partial charge in [-0.25, -0.2) is 4.98 Å². The Morgan fingerprint density at radius 3 is 2.35 bits per heavy atom. The molecule has 0 amide bonds. The largest absolute Gasteiger partial charge is 0.310 e. The standard InChI is InChI=1S/C14H17N3/c1-5-16-12-6-9(2)10(3)7-13(12)17-8-11(4)15-14(16)17/h6-8H,5H2,1-4H3. The third-order valence-corrected chi connectivity index (χ3v) is 3.51. The van der Waals surface area contributed by atoms with Crippen molar-refractivity contribution < 1.29 is 0 Å². The molecule has 0 atom stereocenters. The van der Waals surface area contributed by atoms with Crippen LogP contribution < -0.4 is 0 Å². The maximum atomic E-state index is 4.61. The summed E-state index contributed by atoms with van der Waals surface area (Å²) in [6.07, 6.45) is 2.11. The number of nitrogens with zero attached hydrogens (tertiary/aromatic N) is 3. The van der Waals surface area contributed by atoms with E-state index in [9.17, 15) is 0 Å². The van der Waals surface area contributed by atoms with E-state index in [1.165, 1.54) is 22.2 Å². The van der Waals surface area contributed by atoms with Crippen molar-refractivity contribution in [2.45, 2.75) is 34.2 Å². The summed E-state index contributed by atoms with van der Waals surface area (Å²) in [5, 5.41) is 0. The number of rotatable bonds is 1. The Labute approximate surface area is 101 Å². The van der Waals surface area contributed by atoms with Crippen LogP contribution in [0, 0.1) is 20.8 Å². The summed E-state index contributed by atoms with van der Waals surface area (Å²) in [5.74, 6) is 1.05. The first-order chi connectivity index (χ1) is 8.11. The highest BCUT2D eigenvalue weighted by Gasteiger charge is 2.12. The zero-order valence-corrected chi connectivity index (χ0v) is 10.8. The molecule has 3 rings (SSSR count). The number of imidazole rings is 2. The van der Waals surface area contributed by atoms with Gasteiger partial charge in [0.05, 0.1) is 16.7 Å². The van der Waals surface area contributed by atoms with E-state index in [4.69, 9.17) is 0 Å². The fourth-order valence-corrected chi connectivity index (χ4v) is 2.47. The van der Waals surface area contributed by atoms with E-state index in [0.717, 1.165) is 18.0 Å². The minimum absolute atomic E-state index is 0.950. The molecule has 3 aromatic rings. The first kappa shape index (κ1) is 10.4. The first-order valence-corrected chi connectivity index (χ1v) is 6.07. The first-order valence-electron chi connectivity index (χ1n) is 6.07. The van der Waals surface area contributed by atoms with Crippen LogP contribution in [0.4, 0.5) is 0 Å². The Kier molecular flexibility index (Phi) is 2.05. The van der Waals surface area contributed by atoms with Crippen molar-refractivity contribution >= 4 is 16.8 Å². The molecule has 0 aliphatic carbocycles. The maximum absolute atomic E-state index is 4.61. The van der Waals surface area contributed by atoms with Crippen LogP contribution in [0.3, 0.4) is 0 Å². The van der Waals surface area contributed by atoms with Crippen molar-refractivity contribution in [2.24, 2.45) is 0 Å². The average Bonchev–Trinajstić information content (AvgIpc) is 2.76. The van der Waals surface area contributed by atoms with Crippen molar-refractivity contribution in [3.8, 4) is 0 Å². The van der Waals surface area contributed by atoms with Crippen LogP contribution in [-0.4, -0.2) is 14.0 Å². The lowest BCUT2D eigenvalue weighted by molar-refractivity contribution is 0.806. The molecule has 2 heterocycles. The number of aryl methyl sites for hydroxylation is 4. The zero-order valence-electron chi connectivity index (χ0n) is 10.8. The van der Waals surface area contributed by atoms with Crippen LogP contribution in [0.1, 0.15) is 23.7 Å². The van der Waals surface area contributed by atoms with Crippen molar-refractivity contribution in [3.05, 3.63) is 35.2 Å². The second-order valence-electron chi connectivity index (χ2n) is 4.72. The molecule has 0 aliphatic rings. The molecule has 0 bridgehead atoms. The summed E-state index contributed by atoms with van der Waals surface area (Å²) in [7, 11) is 0. The number of hydrogen-bond acceptors (Lipinski definition) is 1. The predicted molar refractivity (Wildman–Crippen MR) is 70.6 cm³/mol. The van der Waals surface area contributed by atoms with Crippen LogP contribution in [-0.2, 0) is 6.54 Å². The van der Waals surface area contributed by atoms with Crippen molar-refractivity contribution in [1.29, 1.82) is 0 Å². The number of aromatic nitrogens is 3. The number of benzene rings is 1. The molecule has 0 radical (unpaired) electrons. The lowest BCUT2D eigenvalue weighted by Crippen LogP contribution is -1.95. The second-order valence-corrected chi connectivity index (χ2v) is 4.72. The molecule has 2 aromatic heterocycles. The van der Waals surface area contributed by atoms with E-state index in [-0.39, 0.29) is 0 Å². The predicted octanol–water partition coefficient (Wildman–Crippen LogP) is 3.23. The fourth-order valence-electron chi connectivity index (χ4n) is 2.47. The third kappa shape index (κ3) is 1.32. The summed E-state index contributed by atoms with van der Waals surface area (Å²) < 4.78 is 4.47. The molecule has 1 aromatic carbocycles. The van der Waals surface area contributed by atoms with E-state index in [1.54, 1.807) is 0 Å². The van der Waals surface area contributed by atoms with E-state index in [2.05, 4.69) is 53.1 Å². The summed E-state index contributed by atoms with van der Waals surface area (Å²) >= 11 is 0. The summed E-state index contributed by atoms with van der Waals surface area (Å²) in [5.41, 5.74) is 6.27. The average molecular weight is 227 g/mol. The smallest absolute Gasteiger partial charge is 0.215 e. The highest BCUT2D eigenvalue weighted by atomic mass is 15.2. The number of fused-ring (bicyclic) bond motifs is 3. The SMILES string of the molecule is CCn1c2cc(C)c(C)cc2n2cc(C)nc12. The molecule has 88 valence electrons. The van der Waals surface area contributed by atoms with E-state index in [1.807, 2.05) is 6.92 Å². The minimum Gasteiger partial charge on any atom is -0.310 e. The van der Waals surface area contributed by atoms with Crippen LogP contribution >= 0.6 is 0 Å². The molecule has 0 aliphatic heterocycles. The van der Waals surface area contributed by atoms with Gasteiger partial charge in [-0.2, -0.15) is 0 Å². The lowest BCUT2D eigenvalue weighted by atomic mass is 10.1. The Morgan fingerprint density at radius 2 is 1.71 bits per heavy atom. The van der Waals surface area contributed by atoms with Gasteiger partial charge in [-0.1, -0.05) is 0 Å². The third-order valence-electron chi connectivity index (χ3n) is 3.51. The van der Waals surface area contributed by atoms with E-state index in [0.29, 0.717) is 0 Å². The molecule has 0 N–H and O–H groups in total. The van der Waals surface area contributed by atoms with Crippen molar-refractivity contribution in [1.82, 2.24) is 14.0 Å². The molecule has 3 nitrogen and oxygen atoms in total. The van der Waals surface area contributed by atoms with Gasteiger partial charge in [-0.15, -0.1) is 0 Å². The zero-order chi connectivity index (χ0) is 12.2. The lowest BCUT2D eigenvalue weighted by Gasteiger charge is -2.03. The highest BCUT2D eigenvalue weighted by Crippen LogP contribution is 2.24. The number of hydrogen-bond donors (Lipinski definition) is 0. The van der Waals surface area contributed by atoms with E-state index < -0.39 is 0 Å². The summed E-state index contributed by atoms with van der Waals surface area (Å²) in [6.45, 7) is 9.48. The van der Waals surface area contributed by atoms with Gasteiger partial charge >= 0.3 is 0 Å². The molecular formula is C14H17N3. The summed E-state index contributed by atoms with van der Waals surface area (Å²) in [6, 6.07) is 4.52. The Hall–Kier alpha value is -1.77. The molecule has 0 unspecified atom stereocenters. The van der Waals surface area contributed by atoms with Gasteiger partial charge in [0, 0.05) is 12.7 Å². The van der Waals surface area contributed by atoms with Gasteiger partial charge in [0.2, 0.25) is 5.78 Å². The molecule has 3 heteroatoms. The normalized spacial score (nSPS) is 11.8. The van der Waals surface area contributed by atoms with Gasteiger partial charge in [0.25, 0.3) is 0 Å². The van der Waals surface area contributed by atoms with Gasteiger partial charge < -0.3 is 4.57 Å².